The lowest BCUT2D eigenvalue weighted by Crippen LogP contribution is -2.12. The van der Waals surface area contributed by atoms with Crippen molar-refractivity contribution < 1.29 is 4.74 Å². The fourth-order valence-corrected chi connectivity index (χ4v) is 5.47. The predicted molar refractivity (Wildman–Crippen MR) is 174 cm³/mol. The molecule has 1 aromatic heterocycles. The Morgan fingerprint density at radius 1 is 0.949 bits per heavy atom. The first-order valence-corrected chi connectivity index (χ1v) is 15.8. The zero-order chi connectivity index (χ0) is 28.6. The number of rotatable bonds is 9. The first kappa shape index (κ1) is 32.9. The number of ether oxygens (including phenoxy) is 1. The van der Waals surface area contributed by atoms with E-state index in [4.69, 9.17) is 4.74 Å². The second kappa shape index (κ2) is 18.1. The van der Waals surface area contributed by atoms with E-state index >= 15 is 0 Å². The van der Waals surface area contributed by atoms with Crippen molar-refractivity contribution in [2.75, 3.05) is 13.2 Å². The van der Waals surface area contributed by atoms with Crippen molar-refractivity contribution >= 4 is 16.5 Å². The van der Waals surface area contributed by atoms with Gasteiger partial charge in [-0.15, -0.1) is 0 Å². The molecule has 1 fully saturated rings. The smallest absolute Gasteiger partial charge is 0.0468 e. The topological polar surface area (TPSA) is 25.0 Å². The Bertz CT molecular complexity index is 1090. The lowest BCUT2D eigenvalue weighted by Gasteiger charge is -2.20. The van der Waals surface area contributed by atoms with Crippen LogP contribution in [0, 0.1) is 18.8 Å². The Labute approximate surface area is 240 Å². The van der Waals surface area contributed by atoms with Gasteiger partial charge < -0.3 is 9.72 Å². The molecule has 0 bridgehead atoms. The molecule has 1 saturated heterocycles. The number of hydrogen-bond acceptors (Lipinski definition) is 1. The lowest BCUT2D eigenvalue weighted by atomic mass is 9.85. The Morgan fingerprint density at radius 2 is 1.62 bits per heavy atom. The average molecular weight is 532 g/mol. The van der Waals surface area contributed by atoms with E-state index in [-0.39, 0.29) is 0 Å². The maximum absolute atomic E-state index is 5.14. The fourth-order valence-electron chi connectivity index (χ4n) is 5.47. The summed E-state index contributed by atoms with van der Waals surface area (Å²) in [6.07, 6.45) is 13.1. The molecule has 0 amide bonds. The number of aromatic nitrogens is 1. The van der Waals surface area contributed by atoms with Gasteiger partial charge >= 0.3 is 0 Å². The Hall–Kier alpha value is -2.32. The maximum atomic E-state index is 5.14. The van der Waals surface area contributed by atoms with Gasteiger partial charge in [0, 0.05) is 24.9 Å². The van der Waals surface area contributed by atoms with Gasteiger partial charge in [-0.1, -0.05) is 84.7 Å². The van der Waals surface area contributed by atoms with Crippen LogP contribution in [0.2, 0.25) is 0 Å². The molecule has 0 radical (unpaired) electrons. The van der Waals surface area contributed by atoms with E-state index in [2.05, 4.69) is 103 Å². The van der Waals surface area contributed by atoms with Crippen molar-refractivity contribution in [1.29, 1.82) is 0 Å². The average Bonchev–Trinajstić information content (AvgIpc) is 3.44. The van der Waals surface area contributed by atoms with Gasteiger partial charge in [-0.3, -0.25) is 0 Å². The third-order valence-corrected chi connectivity index (χ3v) is 8.44. The molecule has 0 saturated carbocycles. The number of aromatic amines is 1. The van der Waals surface area contributed by atoms with E-state index in [9.17, 15) is 0 Å². The van der Waals surface area contributed by atoms with Crippen molar-refractivity contribution in [2.24, 2.45) is 11.8 Å². The third-order valence-electron chi connectivity index (χ3n) is 8.44. The molecule has 39 heavy (non-hydrogen) atoms. The summed E-state index contributed by atoms with van der Waals surface area (Å²) in [5.41, 5.74) is 10.4. The highest BCUT2D eigenvalue weighted by molar-refractivity contribution is 5.84. The molecule has 1 atom stereocenters. The number of fused-ring (bicyclic) bond motifs is 1. The maximum Gasteiger partial charge on any atom is 0.0468 e. The minimum atomic E-state index is 0.633. The second-order valence-corrected chi connectivity index (χ2v) is 11.3. The SMILES string of the molecule is CC1CCOCC1.CCCC/C(CC)=C(/c1ccc2[nH]ccc2c1)C(C)CC.CCc1cccc(CC)c1C. The minimum absolute atomic E-state index is 0.633. The largest absolute Gasteiger partial charge is 0.381 e. The van der Waals surface area contributed by atoms with Crippen molar-refractivity contribution in [1.82, 2.24) is 4.98 Å². The van der Waals surface area contributed by atoms with Crippen LogP contribution in [0.4, 0.5) is 0 Å². The van der Waals surface area contributed by atoms with E-state index in [1.54, 1.807) is 11.1 Å². The molecule has 0 spiro atoms. The number of benzene rings is 2. The van der Waals surface area contributed by atoms with Crippen LogP contribution >= 0.6 is 0 Å². The molecule has 1 N–H and O–H groups in total. The van der Waals surface area contributed by atoms with Crippen LogP contribution in [0.1, 0.15) is 116 Å². The molecule has 216 valence electrons. The Morgan fingerprint density at radius 3 is 2.13 bits per heavy atom. The summed E-state index contributed by atoms with van der Waals surface area (Å²) in [6, 6.07) is 15.6. The summed E-state index contributed by atoms with van der Waals surface area (Å²) in [5.74, 6) is 1.54. The summed E-state index contributed by atoms with van der Waals surface area (Å²) >= 11 is 0. The van der Waals surface area contributed by atoms with Gasteiger partial charge in [-0.05, 0) is 122 Å². The number of allylic oxidation sites excluding steroid dienone is 2. The van der Waals surface area contributed by atoms with E-state index < -0.39 is 0 Å². The van der Waals surface area contributed by atoms with Crippen LogP contribution in [-0.4, -0.2) is 18.2 Å². The van der Waals surface area contributed by atoms with Gasteiger partial charge in [-0.25, -0.2) is 0 Å². The molecule has 2 heteroatoms. The number of nitrogens with one attached hydrogen (secondary N) is 1. The predicted octanol–water partition coefficient (Wildman–Crippen LogP) is 11.1. The molecule has 2 heterocycles. The second-order valence-electron chi connectivity index (χ2n) is 11.3. The van der Waals surface area contributed by atoms with Gasteiger partial charge in [0.2, 0.25) is 0 Å². The number of hydrogen-bond donors (Lipinski definition) is 1. The van der Waals surface area contributed by atoms with E-state index in [0.29, 0.717) is 5.92 Å². The molecule has 0 aliphatic carbocycles. The van der Waals surface area contributed by atoms with Crippen molar-refractivity contribution in [2.45, 2.75) is 113 Å². The van der Waals surface area contributed by atoms with Crippen LogP contribution in [0.3, 0.4) is 0 Å². The summed E-state index contributed by atoms with van der Waals surface area (Å²) in [6.45, 7) is 20.2. The van der Waals surface area contributed by atoms with Crippen LogP contribution < -0.4 is 0 Å². The standard InChI is InChI=1S/C20H29N.C11H16.C6H12O/c1-5-8-9-16(7-3)20(15(4)6-2)18-10-11-19-17(14-18)12-13-21-19;1-4-10-7-6-8-11(5-2)9(10)3;1-6-2-4-7-5-3-6/h10-15,21H,5-9H2,1-4H3;6-8H,4-5H2,1-3H3;6H,2-5H2,1H3/b20-16+;;. The molecule has 4 rings (SSSR count). The quantitative estimate of drug-likeness (QED) is 0.292. The minimum Gasteiger partial charge on any atom is -0.381 e. The number of aryl methyl sites for hydroxylation is 2. The fraction of sp³-hybridized carbons (Fsp3) is 0.568. The van der Waals surface area contributed by atoms with Crippen LogP contribution in [0.25, 0.3) is 16.5 Å². The highest BCUT2D eigenvalue weighted by atomic mass is 16.5. The summed E-state index contributed by atoms with van der Waals surface area (Å²) in [4.78, 5) is 3.29. The van der Waals surface area contributed by atoms with E-state index in [0.717, 1.165) is 32.0 Å². The van der Waals surface area contributed by atoms with Crippen LogP contribution in [0.5, 0.6) is 0 Å². The summed E-state index contributed by atoms with van der Waals surface area (Å²) in [5, 5.41) is 1.32. The summed E-state index contributed by atoms with van der Waals surface area (Å²) in [7, 11) is 0. The zero-order valence-electron chi connectivity index (χ0n) is 26.5. The molecular weight excluding hydrogens is 474 g/mol. The van der Waals surface area contributed by atoms with Crippen LogP contribution in [0.15, 0.2) is 54.2 Å². The first-order chi connectivity index (χ1) is 18.9. The first-order valence-electron chi connectivity index (χ1n) is 15.8. The monoisotopic (exact) mass is 531 g/mol. The molecule has 2 nitrogen and oxygen atoms in total. The number of H-pyrrole nitrogens is 1. The Kier molecular flexibility index (Phi) is 15.3. The van der Waals surface area contributed by atoms with Gasteiger partial charge in [0.25, 0.3) is 0 Å². The molecule has 1 unspecified atom stereocenters. The molecule has 2 aromatic carbocycles. The van der Waals surface area contributed by atoms with Gasteiger partial charge in [0.1, 0.15) is 0 Å². The normalized spacial score (nSPS) is 15.1. The van der Waals surface area contributed by atoms with Gasteiger partial charge in [0.15, 0.2) is 0 Å². The van der Waals surface area contributed by atoms with Gasteiger partial charge in [-0.2, -0.15) is 0 Å². The Balaban J connectivity index is 0.000000245. The summed E-state index contributed by atoms with van der Waals surface area (Å²) < 4.78 is 5.14. The third kappa shape index (κ3) is 10.3. The zero-order valence-corrected chi connectivity index (χ0v) is 26.5. The van der Waals surface area contributed by atoms with Crippen molar-refractivity contribution in [3.63, 3.8) is 0 Å². The van der Waals surface area contributed by atoms with Gasteiger partial charge in [0.05, 0.1) is 0 Å². The van der Waals surface area contributed by atoms with E-state index in [1.165, 1.54) is 78.1 Å². The molecular formula is C37H57NO. The highest BCUT2D eigenvalue weighted by Gasteiger charge is 2.15. The van der Waals surface area contributed by atoms with Crippen LogP contribution in [-0.2, 0) is 17.6 Å². The molecule has 1 aliphatic heterocycles. The molecule has 1 aliphatic rings. The van der Waals surface area contributed by atoms with E-state index in [1.807, 2.05) is 6.20 Å². The highest BCUT2D eigenvalue weighted by Crippen LogP contribution is 2.34. The van der Waals surface area contributed by atoms with Crippen molar-refractivity contribution in [3.8, 4) is 0 Å². The molecule has 3 aromatic rings. The number of unbranched alkanes of at least 4 members (excludes halogenated alkanes) is 1. The lowest BCUT2D eigenvalue weighted by molar-refractivity contribution is 0.0716. The van der Waals surface area contributed by atoms with Crippen molar-refractivity contribution in [3.05, 3.63) is 76.5 Å².